The molecule has 0 aliphatic rings. The Labute approximate surface area is 129 Å². The Kier molecular flexibility index (Phi) is 7.04. The summed E-state index contributed by atoms with van der Waals surface area (Å²) in [5.41, 5.74) is 2.53. The quantitative estimate of drug-likeness (QED) is 0.744. The summed E-state index contributed by atoms with van der Waals surface area (Å²) < 4.78 is 2.09. The minimum absolute atomic E-state index is 0.275. The number of hydrogen-bond acceptors (Lipinski definition) is 2. The van der Waals surface area contributed by atoms with Crippen molar-refractivity contribution >= 4 is 11.6 Å². The van der Waals surface area contributed by atoms with Gasteiger partial charge < -0.3 is 5.32 Å². The minimum atomic E-state index is 0.275. The van der Waals surface area contributed by atoms with Crippen LogP contribution in [0.2, 0.25) is 5.02 Å². The van der Waals surface area contributed by atoms with Crippen LogP contribution in [0.1, 0.15) is 58.8 Å². The van der Waals surface area contributed by atoms with Crippen molar-refractivity contribution in [2.24, 2.45) is 5.41 Å². The van der Waals surface area contributed by atoms with Gasteiger partial charge in [-0.3, -0.25) is 4.68 Å². The zero-order valence-corrected chi connectivity index (χ0v) is 14.5. The van der Waals surface area contributed by atoms with E-state index in [9.17, 15) is 0 Å². The molecule has 0 radical (unpaired) electrons. The SMILES string of the molecule is CCNCC(CC)(CC)Cc1c(Cl)c(CC)nn1CC. The zero-order valence-electron chi connectivity index (χ0n) is 13.7. The Morgan fingerprint density at radius 1 is 1.15 bits per heavy atom. The number of aromatic nitrogens is 2. The van der Waals surface area contributed by atoms with E-state index in [4.69, 9.17) is 11.6 Å². The molecule has 0 aromatic carbocycles. The van der Waals surface area contributed by atoms with E-state index in [0.29, 0.717) is 0 Å². The normalized spacial score (nSPS) is 12.1. The summed E-state index contributed by atoms with van der Waals surface area (Å²) in [6.07, 6.45) is 4.22. The lowest BCUT2D eigenvalue weighted by atomic mass is 9.78. The van der Waals surface area contributed by atoms with Gasteiger partial charge >= 0.3 is 0 Å². The molecule has 4 heteroatoms. The number of nitrogens with one attached hydrogen (secondary N) is 1. The Hall–Kier alpha value is -0.540. The second kappa shape index (κ2) is 8.04. The molecule has 3 nitrogen and oxygen atoms in total. The van der Waals surface area contributed by atoms with Crippen molar-refractivity contribution in [1.82, 2.24) is 15.1 Å². The van der Waals surface area contributed by atoms with Gasteiger partial charge in [0.2, 0.25) is 0 Å². The molecular formula is C16H30ClN3. The third-order valence-electron chi connectivity index (χ3n) is 4.49. The van der Waals surface area contributed by atoms with Gasteiger partial charge in [-0.2, -0.15) is 5.10 Å². The lowest BCUT2D eigenvalue weighted by Crippen LogP contribution is -2.36. The van der Waals surface area contributed by atoms with Crippen LogP contribution in [-0.2, 0) is 19.4 Å². The summed E-state index contributed by atoms with van der Waals surface area (Å²) in [6, 6.07) is 0. The molecule has 1 aromatic rings. The molecule has 1 aromatic heterocycles. The topological polar surface area (TPSA) is 29.9 Å². The van der Waals surface area contributed by atoms with Crippen LogP contribution in [0.15, 0.2) is 0 Å². The van der Waals surface area contributed by atoms with E-state index in [-0.39, 0.29) is 5.41 Å². The molecule has 0 saturated carbocycles. The third kappa shape index (κ3) is 3.76. The van der Waals surface area contributed by atoms with Gasteiger partial charge in [-0.1, -0.05) is 39.3 Å². The lowest BCUT2D eigenvalue weighted by molar-refractivity contribution is 0.242. The smallest absolute Gasteiger partial charge is 0.0850 e. The van der Waals surface area contributed by atoms with E-state index >= 15 is 0 Å². The summed E-state index contributed by atoms with van der Waals surface area (Å²) in [4.78, 5) is 0. The number of rotatable bonds is 9. The molecule has 0 atom stereocenters. The maximum Gasteiger partial charge on any atom is 0.0850 e. The maximum absolute atomic E-state index is 6.56. The van der Waals surface area contributed by atoms with Crippen LogP contribution >= 0.6 is 11.6 Å². The molecule has 0 amide bonds. The van der Waals surface area contributed by atoms with Crippen LogP contribution in [0.5, 0.6) is 0 Å². The first-order valence-electron chi connectivity index (χ1n) is 8.02. The Morgan fingerprint density at radius 2 is 1.80 bits per heavy atom. The fraction of sp³-hybridized carbons (Fsp3) is 0.812. The number of halogens is 1. The van der Waals surface area contributed by atoms with E-state index in [1.165, 1.54) is 5.69 Å². The van der Waals surface area contributed by atoms with E-state index in [1.54, 1.807) is 0 Å². The van der Waals surface area contributed by atoms with Crippen molar-refractivity contribution in [1.29, 1.82) is 0 Å². The summed E-state index contributed by atoms with van der Waals surface area (Å²) in [6.45, 7) is 13.9. The molecule has 1 N–H and O–H groups in total. The predicted octanol–water partition coefficient (Wildman–Crippen LogP) is 4.08. The van der Waals surface area contributed by atoms with Crippen LogP contribution in [0.25, 0.3) is 0 Å². The molecule has 0 saturated heterocycles. The average Bonchev–Trinajstić information content (AvgIpc) is 2.79. The highest BCUT2D eigenvalue weighted by atomic mass is 35.5. The van der Waals surface area contributed by atoms with Gasteiger partial charge in [0, 0.05) is 13.1 Å². The van der Waals surface area contributed by atoms with E-state index in [2.05, 4.69) is 49.7 Å². The highest BCUT2D eigenvalue weighted by Gasteiger charge is 2.29. The summed E-state index contributed by atoms with van der Waals surface area (Å²) in [5, 5.41) is 9.05. The van der Waals surface area contributed by atoms with Crippen LogP contribution in [-0.4, -0.2) is 22.9 Å². The van der Waals surface area contributed by atoms with Crippen LogP contribution in [0.3, 0.4) is 0 Å². The Bertz CT molecular complexity index is 408. The van der Waals surface area contributed by atoms with Gasteiger partial charge in [0.15, 0.2) is 0 Å². The zero-order chi connectivity index (χ0) is 15.2. The van der Waals surface area contributed by atoms with Crippen LogP contribution in [0.4, 0.5) is 0 Å². The standard InChI is InChI=1S/C16H30ClN3/c1-6-13-15(17)14(20(10-5)19-13)11-16(7-2,8-3)12-18-9-4/h18H,6-12H2,1-5H3. The number of hydrogen-bond donors (Lipinski definition) is 1. The maximum atomic E-state index is 6.56. The number of aryl methyl sites for hydroxylation is 2. The molecule has 1 rings (SSSR count). The van der Waals surface area contributed by atoms with Crippen molar-refractivity contribution in [3.63, 3.8) is 0 Å². The molecule has 0 unspecified atom stereocenters. The van der Waals surface area contributed by atoms with Crippen molar-refractivity contribution < 1.29 is 0 Å². The highest BCUT2D eigenvalue weighted by molar-refractivity contribution is 6.31. The van der Waals surface area contributed by atoms with Crippen molar-refractivity contribution in [2.45, 2.75) is 66.8 Å². The third-order valence-corrected chi connectivity index (χ3v) is 4.92. The van der Waals surface area contributed by atoms with Gasteiger partial charge in [-0.25, -0.2) is 0 Å². The fourth-order valence-corrected chi connectivity index (χ4v) is 3.08. The van der Waals surface area contributed by atoms with Gasteiger partial charge in [-0.15, -0.1) is 0 Å². The monoisotopic (exact) mass is 299 g/mol. The van der Waals surface area contributed by atoms with E-state index < -0.39 is 0 Å². The average molecular weight is 300 g/mol. The van der Waals surface area contributed by atoms with Crippen molar-refractivity contribution in [3.05, 3.63) is 16.4 Å². The van der Waals surface area contributed by atoms with Crippen molar-refractivity contribution in [2.75, 3.05) is 13.1 Å². The second-order valence-electron chi connectivity index (χ2n) is 5.54. The van der Waals surface area contributed by atoms with Crippen LogP contribution in [0, 0.1) is 5.41 Å². The largest absolute Gasteiger partial charge is 0.316 e. The first-order valence-corrected chi connectivity index (χ1v) is 8.39. The molecule has 0 spiro atoms. The molecule has 0 aliphatic heterocycles. The first kappa shape index (κ1) is 17.5. The summed E-state index contributed by atoms with van der Waals surface area (Å²) >= 11 is 6.56. The highest BCUT2D eigenvalue weighted by Crippen LogP contribution is 2.34. The molecule has 116 valence electrons. The molecule has 0 aliphatic carbocycles. The Morgan fingerprint density at radius 3 is 2.25 bits per heavy atom. The van der Waals surface area contributed by atoms with Gasteiger partial charge in [0.25, 0.3) is 0 Å². The van der Waals surface area contributed by atoms with Gasteiger partial charge in [-0.05, 0) is 44.6 Å². The molecule has 0 bridgehead atoms. The molecular weight excluding hydrogens is 270 g/mol. The Balaban J connectivity index is 3.06. The molecule has 1 heterocycles. The van der Waals surface area contributed by atoms with Gasteiger partial charge in [0.05, 0.1) is 16.4 Å². The van der Waals surface area contributed by atoms with E-state index in [1.807, 2.05) is 0 Å². The summed E-state index contributed by atoms with van der Waals surface area (Å²) in [5.74, 6) is 0. The predicted molar refractivity (Wildman–Crippen MR) is 87.6 cm³/mol. The number of nitrogens with zero attached hydrogens (tertiary/aromatic N) is 2. The van der Waals surface area contributed by atoms with Crippen LogP contribution < -0.4 is 5.32 Å². The fourth-order valence-electron chi connectivity index (χ4n) is 2.74. The lowest BCUT2D eigenvalue weighted by Gasteiger charge is -2.32. The van der Waals surface area contributed by atoms with Gasteiger partial charge in [0.1, 0.15) is 0 Å². The molecule has 0 fully saturated rings. The molecule has 20 heavy (non-hydrogen) atoms. The van der Waals surface area contributed by atoms with E-state index in [0.717, 1.165) is 56.0 Å². The summed E-state index contributed by atoms with van der Waals surface area (Å²) in [7, 11) is 0. The second-order valence-corrected chi connectivity index (χ2v) is 5.92. The minimum Gasteiger partial charge on any atom is -0.316 e. The van der Waals surface area contributed by atoms with Crippen molar-refractivity contribution in [3.8, 4) is 0 Å². The first-order chi connectivity index (χ1) is 9.57.